The summed E-state index contributed by atoms with van der Waals surface area (Å²) >= 11 is 1.34. The van der Waals surface area contributed by atoms with E-state index in [2.05, 4.69) is 25.0 Å². The first-order valence-corrected chi connectivity index (χ1v) is 8.28. The first-order chi connectivity index (χ1) is 11.4. The van der Waals surface area contributed by atoms with Crippen LogP contribution in [0.5, 0.6) is 0 Å². The first-order valence-electron chi connectivity index (χ1n) is 7.44. The van der Waals surface area contributed by atoms with Crippen LogP contribution in [0.3, 0.4) is 0 Å². The predicted molar refractivity (Wildman–Crippen MR) is 92.3 cm³/mol. The number of carbonyl (C=O) groups is 1. The van der Waals surface area contributed by atoms with Crippen molar-refractivity contribution in [2.45, 2.75) is 26.2 Å². The summed E-state index contributed by atoms with van der Waals surface area (Å²) < 4.78 is 4.21. The number of amides is 1. The van der Waals surface area contributed by atoms with Crippen LogP contribution in [0.15, 0.2) is 29.6 Å². The number of H-pyrrole nitrogens is 1. The molecule has 2 heterocycles. The second-order valence-corrected chi connectivity index (χ2v) is 6.72. The van der Waals surface area contributed by atoms with Crippen molar-refractivity contribution >= 4 is 23.1 Å². The molecule has 1 N–H and O–H groups in total. The fraction of sp³-hybridized carbons (Fsp3) is 0.312. The molecule has 0 bridgehead atoms. The van der Waals surface area contributed by atoms with Crippen LogP contribution in [0.4, 0.5) is 5.69 Å². The number of benzene rings is 1. The summed E-state index contributed by atoms with van der Waals surface area (Å²) in [7, 11) is 1.76. The minimum absolute atomic E-state index is 0.0674. The number of carbonyl (C=O) groups excluding carboxylic acids is 1. The zero-order valence-corrected chi connectivity index (χ0v) is 14.8. The lowest BCUT2D eigenvalue weighted by Crippen LogP contribution is -2.27. The molecule has 0 spiro atoms. The molecule has 124 valence electrons. The molecule has 0 aliphatic carbocycles. The van der Waals surface area contributed by atoms with Gasteiger partial charge >= 0.3 is 0 Å². The van der Waals surface area contributed by atoms with E-state index in [9.17, 15) is 4.79 Å². The van der Waals surface area contributed by atoms with E-state index in [4.69, 9.17) is 0 Å². The fourth-order valence-corrected chi connectivity index (χ4v) is 3.23. The number of aromatic amines is 1. The molecule has 8 heteroatoms. The second kappa shape index (κ2) is 6.12. The van der Waals surface area contributed by atoms with Gasteiger partial charge in [-0.05, 0) is 50.0 Å². The molecule has 0 saturated heterocycles. The van der Waals surface area contributed by atoms with Gasteiger partial charge in [0.25, 0.3) is 5.91 Å². The molecule has 2 aromatic heterocycles. The predicted octanol–water partition coefficient (Wildman–Crippen LogP) is 2.57. The van der Waals surface area contributed by atoms with Gasteiger partial charge in [0, 0.05) is 18.0 Å². The third kappa shape index (κ3) is 2.80. The Labute approximate surface area is 143 Å². The van der Waals surface area contributed by atoms with Gasteiger partial charge in [0.15, 0.2) is 5.82 Å². The Morgan fingerprint density at radius 3 is 2.50 bits per heavy atom. The molecule has 0 saturated carbocycles. The normalized spacial score (nSPS) is 11.5. The maximum atomic E-state index is 12.6. The summed E-state index contributed by atoms with van der Waals surface area (Å²) in [6.45, 7) is 5.93. The average Bonchev–Trinajstić information content (AvgIpc) is 3.25. The van der Waals surface area contributed by atoms with E-state index in [0.29, 0.717) is 11.4 Å². The molecule has 3 rings (SSSR count). The molecular formula is C16H18N6OS. The fourth-order valence-electron chi connectivity index (χ4n) is 2.50. The van der Waals surface area contributed by atoms with E-state index in [-0.39, 0.29) is 5.91 Å². The number of tetrazole rings is 1. The third-order valence-corrected chi connectivity index (χ3v) is 4.86. The Kier molecular flexibility index (Phi) is 4.15. The second-order valence-electron chi connectivity index (χ2n) is 6.09. The van der Waals surface area contributed by atoms with E-state index in [0.717, 1.165) is 16.9 Å². The molecule has 1 amide bonds. The molecule has 0 atom stereocenters. The Balaban J connectivity index is 1.84. The van der Waals surface area contributed by atoms with Crippen LogP contribution in [0.1, 0.15) is 41.3 Å². The van der Waals surface area contributed by atoms with Crippen LogP contribution in [-0.4, -0.2) is 38.0 Å². The quantitative estimate of drug-likeness (QED) is 0.787. The summed E-state index contributed by atoms with van der Waals surface area (Å²) in [4.78, 5) is 14.3. The number of aryl methyl sites for hydroxylation is 1. The smallest absolute Gasteiger partial charge is 0.258 e. The van der Waals surface area contributed by atoms with Gasteiger partial charge in [-0.15, -0.1) is 10.2 Å². The van der Waals surface area contributed by atoms with Crippen molar-refractivity contribution < 1.29 is 4.79 Å². The highest BCUT2D eigenvalue weighted by Gasteiger charge is 2.28. The maximum absolute atomic E-state index is 12.6. The van der Waals surface area contributed by atoms with Crippen LogP contribution in [0.2, 0.25) is 0 Å². The summed E-state index contributed by atoms with van der Waals surface area (Å²) in [6.07, 6.45) is 0. The lowest BCUT2D eigenvalue weighted by Gasteiger charge is -2.22. The third-order valence-electron chi connectivity index (χ3n) is 4.15. The molecule has 0 aliphatic rings. The van der Waals surface area contributed by atoms with E-state index in [1.165, 1.54) is 11.5 Å². The summed E-state index contributed by atoms with van der Waals surface area (Å²) in [5, 5.41) is 16.1. The van der Waals surface area contributed by atoms with Crippen LogP contribution in [-0.2, 0) is 5.41 Å². The Morgan fingerprint density at radius 2 is 1.96 bits per heavy atom. The number of nitrogens with zero attached hydrogens (tertiary/aromatic N) is 5. The molecule has 24 heavy (non-hydrogen) atoms. The summed E-state index contributed by atoms with van der Waals surface area (Å²) in [5.74, 6) is 0.542. The lowest BCUT2D eigenvalue weighted by atomic mass is 9.83. The topological polar surface area (TPSA) is 87.7 Å². The first kappa shape index (κ1) is 16.3. The van der Waals surface area contributed by atoms with Crippen LogP contribution in [0.25, 0.3) is 0 Å². The molecule has 0 fully saturated rings. The van der Waals surface area contributed by atoms with Crippen LogP contribution >= 0.6 is 11.5 Å². The van der Waals surface area contributed by atoms with Crippen molar-refractivity contribution in [2.24, 2.45) is 0 Å². The molecule has 3 aromatic rings. The zero-order chi connectivity index (χ0) is 17.3. The molecule has 1 aromatic carbocycles. The van der Waals surface area contributed by atoms with Crippen LogP contribution < -0.4 is 4.90 Å². The number of hydrogen-bond donors (Lipinski definition) is 1. The largest absolute Gasteiger partial charge is 0.309 e. The van der Waals surface area contributed by atoms with Gasteiger partial charge < -0.3 is 4.90 Å². The average molecular weight is 342 g/mol. The highest BCUT2D eigenvalue weighted by Crippen LogP contribution is 2.29. The van der Waals surface area contributed by atoms with E-state index < -0.39 is 5.41 Å². The van der Waals surface area contributed by atoms with Crippen molar-refractivity contribution in [1.29, 1.82) is 0 Å². The van der Waals surface area contributed by atoms with Gasteiger partial charge in [0.05, 0.1) is 16.8 Å². The minimum atomic E-state index is -0.394. The molecule has 0 radical (unpaired) electrons. The molecule has 7 nitrogen and oxygen atoms in total. The Morgan fingerprint density at radius 1 is 1.25 bits per heavy atom. The molecule has 0 aliphatic heterocycles. The number of rotatable bonds is 4. The van der Waals surface area contributed by atoms with Crippen molar-refractivity contribution in [1.82, 2.24) is 25.0 Å². The highest BCUT2D eigenvalue weighted by atomic mass is 32.1. The standard InChI is InChI=1S/C16H18N6OS/c1-10-13(9-24-19-10)22(4)14(23)11-5-7-12(8-6-11)16(2,3)15-17-20-21-18-15/h5-9H,1-4H3,(H,17,18,20,21). The minimum Gasteiger partial charge on any atom is -0.309 e. The van der Waals surface area contributed by atoms with Crippen molar-refractivity contribution in [3.63, 3.8) is 0 Å². The van der Waals surface area contributed by atoms with Crippen molar-refractivity contribution in [3.05, 3.63) is 52.3 Å². The maximum Gasteiger partial charge on any atom is 0.258 e. The van der Waals surface area contributed by atoms with E-state index >= 15 is 0 Å². The number of nitrogens with one attached hydrogen (secondary N) is 1. The van der Waals surface area contributed by atoms with Crippen molar-refractivity contribution in [3.8, 4) is 0 Å². The Bertz CT molecular complexity index is 838. The van der Waals surface area contributed by atoms with Gasteiger partial charge in [-0.2, -0.15) is 9.59 Å². The van der Waals surface area contributed by atoms with Gasteiger partial charge in [-0.1, -0.05) is 17.3 Å². The SMILES string of the molecule is Cc1nscc1N(C)C(=O)c1ccc(C(C)(C)c2nn[nH]n2)cc1. The van der Waals surface area contributed by atoms with Gasteiger partial charge in [-0.3, -0.25) is 4.79 Å². The monoisotopic (exact) mass is 342 g/mol. The number of aromatic nitrogens is 5. The molecule has 0 unspecified atom stereocenters. The van der Waals surface area contributed by atoms with Crippen LogP contribution in [0, 0.1) is 6.92 Å². The molecular weight excluding hydrogens is 324 g/mol. The highest BCUT2D eigenvalue weighted by molar-refractivity contribution is 7.04. The van der Waals surface area contributed by atoms with E-state index in [1.54, 1.807) is 11.9 Å². The van der Waals surface area contributed by atoms with Gasteiger partial charge in [-0.25, -0.2) is 0 Å². The Hall–Kier alpha value is -2.61. The summed E-state index contributed by atoms with van der Waals surface area (Å²) in [6, 6.07) is 7.50. The van der Waals surface area contributed by atoms with Crippen molar-refractivity contribution in [2.75, 3.05) is 11.9 Å². The number of anilines is 1. The summed E-state index contributed by atoms with van der Waals surface area (Å²) in [5.41, 5.74) is 2.92. The zero-order valence-electron chi connectivity index (χ0n) is 13.9. The van der Waals surface area contributed by atoms with Gasteiger partial charge in [0.1, 0.15) is 0 Å². The van der Waals surface area contributed by atoms with Gasteiger partial charge in [0.2, 0.25) is 0 Å². The number of hydrogen-bond acceptors (Lipinski definition) is 6. The van der Waals surface area contributed by atoms with E-state index in [1.807, 2.05) is 50.4 Å². The lowest BCUT2D eigenvalue weighted by molar-refractivity contribution is 0.0993.